The monoisotopic (exact) mass is 471 g/mol. The Morgan fingerprint density at radius 3 is 1.91 bits per heavy atom. The second-order valence-corrected chi connectivity index (χ2v) is 10.1. The molecule has 1 atom stereocenters. The summed E-state index contributed by atoms with van der Waals surface area (Å²) in [7, 11) is 0. The first-order valence-electron chi connectivity index (χ1n) is 13.4. The zero-order chi connectivity index (χ0) is 24.5. The number of hydrogen-bond donors (Lipinski definition) is 2. The minimum Gasteiger partial charge on any atom is -0.388 e. The Balaban J connectivity index is 1.23. The minimum absolute atomic E-state index is 0.206. The van der Waals surface area contributed by atoms with Gasteiger partial charge in [0, 0.05) is 0 Å². The highest BCUT2D eigenvalue weighted by Crippen LogP contribution is 2.41. The lowest BCUT2D eigenvalue weighted by atomic mass is 9.72. The van der Waals surface area contributed by atoms with Crippen LogP contribution in [0.5, 0.6) is 0 Å². The summed E-state index contributed by atoms with van der Waals surface area (Å²) in [6, 6.07) is 28.8. The van der Waals surface area contributed by atoms with E-state index in [1.54, 1.807) is 0 Å². The third kappa shape index (κ3) is 6.41. The van der Waals surface area contributed by atoms with E-state index in [0.717, 1.165) is 81.3 Å². The maximum atomic E-state index is 12.0. The predicted molar refractivity (Wildman–Crippen MR) is 144 cm³/mol. The van der Waals surface area contributed by atoms with E-state index in [-0.39, 0.29) is 12.0 Å². The number of benzene rings is 3. The Labute approximate surface area is 211 Å². The van der Waals surface area contributed by atoms with Crippen molar-refractivity contribution in [1.29, 1.82) is 0 Å². The molecule has 0 amide bonds. The highest BCUT2D eigenvalue weighted by Gasteiger charge is 2.41. The summed E-state index contributed by atoms with van der Waals surface area (Å²) in [6.45, 7) is 5.31. The third-order valence-electron chi connectivity index (χ3n) is 7.83. The fourth-order valence-electron chi connectivity index (χ4n) is 5.59. The number of rotatable bonds is 11. The van der Waals surface area contributed by atoms with Gasteiger partial charge in [0.15, 0.2) is 0 Å². The number of aliphatic hydroxyl groups is 2. The van der Waals surface area contributed by atoms with E-state index in [1.807, 2.05) is 36.4 Å². The topological polar surface area (TPSA) is 43.7 Å². The second kappa shape index (κ2) is 12.5. The molecule has 35 heavy (non-hydrogen) atoms. The van der Waals surface area contributed by atoms with Crippen molar-refractivity contribution in [2.45, 2.75) is 63.6 Å². The van der Waals surface area contributed by atoms with E-state index in [0.29, 0.717) is 0 Å². The molecule has 0 spiro atoms. The average molecular weight is 472 g/mol. The number of aryl methyl sites for hydroxylation is 1. The smallest absolute Gasteiger partial charge is 0.117 e. The molecule has 1 unspecified atom stereocenters. The zero-order valence-corrected chi connectivity index (χ0v) is 21.2. The minimum atomic E-state index is -0.944. The van der Waals surface area contributed by atoms with Gasteiger partial charge in [0.25, 0.3) is 0 Å². The number of hydrogen-bond acceptors (Lipinski definition) is 3. The van der Waals surface area contributed by atoms with Gasteiger partial charge in [-0.1, -0.05) is 105 Å². The zero-order valence-electron chi connectivity index (χ0n) is 21.2. The summed E-state index contributed by atoms with van der Waals surface area (Å²) in [5, 5.41) is 22.5. The summed E-state index contributed by atoms with van der Waals surface area (Å²) in [5.74, 6) is 0.206. The van der Waals surface area contributed by atoms with Crippen molar-refractivity contribution in [2.24, 2.45) is 5.92 Å². The molecular formula is C32H41NO2. The van der Waals surface area contributed by atoms with Crippen molar-refractivity contribution in [3.05, 3.63) is 107 Å². The van der Waals surface area contributed by atoms with Crippen LogP contribution < -0.4 is 0 Å². The van der Waals surface area contributed by atoms with Crippen LogP contribution in [-0.4, -0.2) is 34.7 Å². The van der Waals surface area contributed by atoms with Crippen LogP contribution >= 0.6 is 0 Å². The molecule has 3 nitrogen and oxygen atoms in total. The normalized spacial score (nSPS) is 16.3. The molecule has 0 bridgehead atoms. The Morgan fingerprint density at radius 1 is 0.800 bits per heavy atom. The molecular weight excluding hydrogens is 430 g/mol. The third-order valence-corrected chi connectivity index (χ3v) is 7.83. The Morgan fingerprint density at radius 2 is 1.37 bits per heavy atom. The quantitative estimate of drug-likeness (QED) is 0.314. The van der Waals surface area contributed by atoms with Gasteiger partial charge in [0.2, 0.25) is 0 Å². The summed E-state index contributed by atoms with van der Waals surface area (Å²) >= 11 is 0. The number of piperidine rings is 1. The standard InChI is InChI=1S/C32H41NO2/c1-2-26-17-19-27(20-18-26)31(34)16-10-5-11-23-33-24-21-30(22-25-33)32(35,28-12-6-3-7-13-28)29-14-8-4-9-15-29/h3-4,6-9,12-15,17-20,30-31,34-35H,2,5,10-11,16,21-25H2,1H3. The lowest BCUT2D eigenvalue weighted by Gasteiger charge is -2.42. The molecule has 3 heteroatoms. The van der Waals surface area contributed by atoms with Crippen molar-refractivity contribution >= 4 is 0 Å². The summed E-state index contributed by atoms with van der Waals surface area (Å²) in [5.41, 5.74) is 3.39. The van der Waals surface area contributed by atoms with Crippen molar-refractivity contribution in [1.82, 2.24) is 4.90 Å². The molecule has 0 aliphatic carbocycles. The number of nitrogens with zero attached hydrogens (tertiary/aromatic N) is 1. The van der Waals surface area contributed by atoms with Crippen molar-refractivity contribution in [3.63, 3.8) is 0 Å². The molecule has 4 rings (SSSR count). The lowest BCUT2D eigenvalue weighted by Crippen LogP contribution is -2.44. The van der Waals surface area contributed by atoms with Gasteiger partial charge < -0.3 is 15.1 Å². The van der Waals surface area contributed by atoms with E-state index in [1.165, 1.54) is 5.56 Å². The summed E-state index contributed by atoms with van der Waals surface area (Å²) in [4.78, 5) is 2.55. The van der Waals surface area contributed by atoms with Gasteiger partial charge in [-0.15, -0.1) is 0 Å². The van der Waals surface area contributed by atoms with Crippen LogP contribution in [0.25, 0.3) is 0 Å². The molecule has 0 saturated carbocycles. The number of aliphatic hydroxyl groups excluding tert-OH is 1. The molecule has 1 aliphatic rings. The Kier molecular flexibility index (Phi) is 9.14. The van der Waals surface area contributed by atoms with Gasteiger partial charge in [-0.2, -0.15) is 0 Å². The molecule has 186 valence electrons. The molecule has 2 N–H and O–H groups in total. The first kappa shape index (κ1) is 25.6. The lowest BCUT2D eigenvalue weighted by molar-refractivity contribution is -0.0143. The molecule has 3 aromatic rings. The van der Waals surface area contributed by atoms with Crippen LogP contribution in [0.2, 0.25) is 0 Å². The molecule has 0 radical (unpaired) electrons. The Hall–Kier alpha value is -2.46. The van der Waals surface area contributed by atoms with Crippen LogP contribution in [0, 0.1) is 5.92 Å². The molecule has 1 heterocycles. The van der Waals surface area contributed by atoms with Crippen LogP contribution in [0.15, 0.2) is 84.9 Å². The molecule has 3 aromatic carbocycles. The first-order valence-corrected chi connectivity index (χ1v) is 13.4. The van der Waals surface area contributed by atoms with Gasteiger partial charge in [-0.05, 0) is 79.9 Å². The maximum Gasteiger partial charge on any atom is 0.117 e. The summed E-state index contributed by atoms with van der Waals surface area (Å²) in [6.07, 6.45) is 6.84. The van der Waals surface area contributed by atoms with Gasteiger partial charge in [-0.25, -0.2) is 0 Å². The van der Waals surface area contributed by atoms with E-state index >= 15 is 0 Å². The highest BCUT2D eigenvalue weighted by atomic mass is 16.3. The van der Waals surface area contributed by atoms with Crippen molar-refractivity contribution < 1.29 is 10.2 Å². The largest absolute Gasteiger partial charge is 0.388 e. The fraction of sp³-hybridized carbons (Fsp3) is 0.438. The number of unbranched alkanes of at least 4 members (excludes halogenated alkanes) is 2. The highest BCUT2D eigenvalue weighted by molar-refractivity contribution is 5.37. The molecule has 1 saturated heterocycles. The van der Waals surface area contributed by atoms with Crippen LogP contribution in [0.4, 0.5) is 0 Å². The van der Waals surface area contributed by atoms with Crippen molar-refractivity contribution in [2.75, 3.05) is 19.6 Å². The van der Waals surface area contributed by atoms with E-state index in [9.17, 15) is 10.2 Å². The van der Waals surface area contributed by atoms with Gasteiger partial charge >= 0.3 is 0 Å². The second-order valence-electron chi connectivity index (χ2n) is 10.1. The average Bonchev–Trinajstić information content (AvgIpc) is 2.93. The van der Waals surface area contributed by atoms with E-state index in [4.69, 9.17) is 0 Å². The number of likely N-dealkylation sites (tertiary alicyclic amines) is 1. The maximum absolute atomic E-state index is 12.0. The van der Waals surface area contributed by atoms with E-state index < -0.39 is 5.60 Å². The summed E-state index contributed by atoms with van der Waals surface area (Å²) < 4.78 is 0. The Bertz CT molecular complexity index is 955. The van der Waals surface area contributed by atoms with Crippen LogP contribution in [0.1, 0.15) is 73.8 Å². The molecule has 1 aliphatic heterocycles. The fourth-order valence-corrected chi connectivity index (χ4v) is 5.59. The SMILES string of the molecule is CCc1ccc(C(O)CCCCCN2CCC(C(O)(c3ccccc3)c3ccccc3)CC2)cc1. The van der Waals surface area contributed by atoms with Crippen LogP contribution in [0.3, 0.4) is 0 Å². The first-order chi connectivity index (χ1) is 17.1. The van der Waals surface area contributed by atoms with Gasteiger partial charge in [0.05, 0.1) is 6.10 Å². The molecule has 1 fully saturated rings. The molecule has 0 aromatic heterocycles. The van der Waals surface area contributed by atoms with Crippen molar-refractivity contribution in [3.8, 4) is 0 Å². The van der Waals surface area contributed by atoms with Gasteiger partial charge in [0.1, 0.15) is 5.60 Å². The van der Waals surface area contributed by atoms with Crippen LogP contribution in [-0.2, 0) is 12.0 Å². The van der Waals surface area contributed by atoms with Gasteiger partial charge in [-0.3, -0.25) is 0 Å². The predicted octanol–water partition coefficient (Wildman–Crippen LogP) is 6.49. The van der Waals surface area contributed by atoms with E-state index in [2.05, 4.69) is 60.4 Å².